The lowest BCUT2D eigenvalue weighted by Gasteiger charge is -2.32. The zero-order valence-electron chi connectivity index (χ0n) is 59.1. The van der Waals surface area contributed by atoms with Crippen LogP contribution in [0.2, 0.25) is 0 Å². The van der Waals surface area contributed by atoms with Gasteiger partial charge in [0, 0.05) is 57.9 Å². The summed E-state index contributed by atoms with van der Waals surface area (Å²) in [6.45, 7) is 5.96. The number of rotatable bonds is 30. The summed E-state index contributed by atoms with van der Waals surface area (Å²) in [5.74, 6) is -0.654. The number of likely N-dealkylation sites (N-methyl/N-ethyl adjacent to an activating group) is 2. The highest BCUT2D eigenvalue weighted by atomic mass is 32.2. The van der Waals surface area contributed by atoms with Gasteiger partial charge in [-0.3, -0.25) is 57.7 Å². The van der Waals surface area contributed by atoms with Crippen molar-refractivity contribution in [2.45, 2.75) is 144 Å². The van der Waals surface area contributed by atoms with Gasteiger partial charge in [0.25, 0.3) is 23.6 Å². The third kappa shape index (κ3) is 19.9. The Morgan fingerprint density at radius 1 is 0.505 bits per heavy atom. The van der Waals surface area contributed by atoms with E-state index in [4.69, 9.17) is 4.74 Å². The monoisotopic (exact) mass is 1430 g/mol. The molecule has 4 N–H and O–H groups in total. The van der Waals surface area contributed by atoms with Gasteiger partial charge in [-0.2, -0.15) is 12.6 Å². The van der Waals surface area contributed by atoms with Crippen LogP contribution in [0.3, 0.4) is 0 Å². The molecule has 0 spiro atoms. The van der Waals surface area contributed by atoms with Crippen LogP contribution in [0, 0.1) is 23.7 Å². The van der Waals surface area contributed by atoms with Crippen LogP contribution in [0.4, 0.5) is 0 Å². The molecule has 2 aliphatic carbocycles. The number of carbonyl (C=O) groups is 10. The van der Waals surface area contributed by atoms with Crippen LogP contribution in [0.15, 0.2) is 182 Å². The molecule has 5 aromatic carbocycles. The SMILES string of the molecule is CCNC(=O)[C@H](Cc1ccccc1)N1CC[C@H](C2C=CC=CC2)CC(NC(=O)C(CCCCN2C(=O)c3ccccc3C2=O)SCc2ccc(OC)cc2)C1=O.CCNC(=O)[C@H](Cc1ccccc1)N1CC[C@H](C2C=CC=CC2)CC(NC(=O)C(S)CCCCN2C(=O)c3ccccc3C2=O)C1=O. The van der Waals surface area contributed by atoms with Crippen molar-refractivity contribution < 1.29 is 52.7 Å². The van der Waals surface area contributed by atoms with Gasteiger partial charge < -0.3 is 35.8 Å². The Bertz CT molecular complexity index is 3870. The van der Waals surface area contributed by atoms with Gasteiger partial charge in [0.1, 0.15) is 29.9 Å². The lowest BCUT2D eigenvalue weighted by atomic mass is 9.81. The van der Waals surface area contributed by atoms with E-state index < -0.39 is 34.7 Å². The average molecular weight is 1430 g/mol. The van der Waals surface area contributed by atoms with Crippen molar-refractivity contribution in [3.05, 3.63) is 221 Å². The highest BCUT2D eigenvalue weighted by molar-refractivity contribution is 7.99. The molecule has 19 nitrogen and oxygen atoms in total. The molecule has 0 saturated carbocycles. The first-order valence-corrected chi connectivity index (χ1v) is 38.0. The largest absolute Gasteiger partial charge is 0.497 e. The quantitative estimate of drug-likeness (QED) is 0.0164. The molecule has 10 amide bonds. The normalized spacial score (nSPS) is 21.1. The number of allylic oxidation sites excluding steroid dienone is 8. The first-order valence-electron chi connectivity index (χ1n) is 36.4. The number of thioether (sulfide) groups is 1. The molecule has 10 atom stereocenters. The van der Waals surface area contributed by atoms with Crippen molar-refractivity contribution in [2.24, 2.45) is 23.7 Å². The van der Waals surface area contributed by atoms with Crippen LogP contribution in [0.5, 0.6) is 5.75 Å². The van der Waals surface area contributed by atoms with Crippen LogP contribution < -0.4 is 26.0 Å². The number of nitrogens with zero attached hydrogens (tertiary/aromatic N) is 4. The fourth-order valence-electron chi connectivity index (χ4n) is 14.7. The Kier molecular flexibility index (Phi) is 27.9. The molecule has 0 aromatic heterocycles. The number of imide groups is 2. The summed E-state index contributed by atoms with van der Waals surface area (Å²) >= 11 is 6.09. The van der Waals surface area contributed by atoms with Crippen molar-refractivity contribution in [3.8, 4) is 5.75 Å². The fourth-order valence-corrected chi connectivity index (χ4v) is 16.1. The summed E-state index contributed by atoms with van der Waals surface area (Å²) in [7, 11) is 1.62. The maximum absolute atomic E-state index is 14.7. The minimum Gasteiger partial charge on any atom is -0.497 e. The summed E-state index contributed by atoms with van der Waals surface area (Å²) in [5.41, 5.74) is 4.61. The van der Waals surface area contributed by atoms with Crippen molar-refractivity contribution >= 4 is 83.5 Å². The molecule has 542 valence electrons. The molecule has 21 heteroatoms. The van der Waals surface area contributed by atoms with Gasteiger partial charge in [-0.25, -0.2) is 0 Å². The number of fused-ring (bicyclic) bond motifs is 2. The number of hydrogen-bond donors (Lipinski definition) is 5. The molecule has 4 heterocycles. The predicted molar refractivity (Wildman–Crippen MR) is 403 cm³/mol. The van der Waals surface area contributed by atoms with Crippen LogP contribution in [-0.4, -0.2) is 160 Å². The maximum Gasteiger partial charge on any atom is 0.261 e. The molecule has 0 radical (unpaired) electrons. The number of carbonyl (C=O) groups excluding carboxylic acids is 10. The zero-order valence-corrected chi connectivity index (χ0v) is 60.8. The van der Waals surface area contributed by atoms with E-state index in [1.54, 1.807) is 65.4 Å². The van der Waals surface area contributed by atoms with Gasteiger partial charge in [-0.05, 0) is 155 Å². The van der Waals surface area contributed by atoms with E-state index in [1.165, 1.54) is 21.6 Å². The lowest BCUT2D eigenvalue weighted by molar-refractivity contribution is -0.142. The molecule has 0 bridgehead atoms. The Morgan fingerprint density at radius 2 is 0.922 bits per heavy atom. The molecule has 2 fully saturated rings. The molecular formula is C82H96N8O11S2. The molecule has 6 aliphatic rings. The highest BCUT2D eigenvalue weighted by Crippen LogP contribution is 2.36. The standard InChI is InChI=1S/C45H52N4O6S.C37H44N4O5S/c1-3-46-41(50)39(28-31-14-6-4-7-15-31)48-27-25-34(33-16-8-5-9-17-33)29-38(45(48)54)47-42(51)40(56-30-32-21-23-35(55-2)24-22-32)20-12-13-26-49-43(52)36-18-10-11-19-37(36)44(49)53;1-2-38-33(42)31(23-25-13-5-3-6-14-25)40-22-20-27(26-15-7-4-8-16-26)24-30(37(40)46)39-34(43)32(47)19-11-12-21-41-35(44)28-17-9-10-18-29(28)36(41)45/h4-11,14-16,18-19,21-24,33-34,38-40H,3,12-13,17,20,25-30H2,1-2H3,(H,46,50)(H,47,51);3-10,13-15,17-18,26-27,30-32,47H,2,11-12,16,19-24H2,1H3,(H,38,42)(H,39,43)/t33?,34-,38?,39-,40?;26?,27-,30?,31-,32?/m00/s1. The number of hydrogen-bond acceptors (Lipinski definition) is 13. The van der Waals surface area contributed by atoms with E-state index in [2.05, 4.69) is 58.2 Å². The van der Waals surface area contributed by atoms with Gasteiger partial charge in [-0.15, -0.1) is 11.8 Å². The Hall–Kier alpha value is -9.34. The van der Waals surface area contributed by atoms with Gasteiger partial charge in [-0.1, -0.05) is 159 Å². The number of methoxy groups -OCH3 is 1. The first kappa shape index (κ1) is 76.3. The van der Waals surface area contributed by atoms with Crippen molar-refractivity contribution in [3.63, 3.8) is 0 Å². The fraction of sp³-hybridized carbons (Fsp3) is 0.415. The van der Waals surface area contributed by atoms with Gasteiger partial charge >= 0.3 is 0 Å². The van der Waals surface area contributed by atoms with E-state index in [0.29, 0.717) is 131 Å². The van der Waals surface area contributed by atoms with Crippen molar-refractivity contribution in [2.75, 3.05) is 46.4 Å². The van der Waals surface area contributed by atoms with E-state index in [9.17, 15) is 47.9 Å². The number of thiol groups is 1. The smallest absolute Gasteiger partial charge is 0.261 e. The molecule has 103 heavy (non-hydrogen) atoms. The molecule has 4 aliphatic heterocycles. The minimum atomic E-state index is -0.815. The second-order valence-electron chi connectivity index (χ2n) is 27.2. The summed E-state index contributed by atoms with van der Waals surface area (Å²) in [6, 6.07) is 37.7. The third-order valence-electron chi connectivity index (χ3n) is 20.4. The van der Waals surface area contributed by atoms with Gasteiger partial charge in [0.15, 0.2) is 0 Å². The minimum absolute atomic E-state index is 0.118. The highest BCUT2D eigenvalue weighted by Gasteiger charge is 2.43. The second-order valence-corrected chi connectivity index (χ2v) is 29.0. The summed E-state index contributed by atoms with van der Waals surface area (Å²) in [6.07, 6.45) is 24.7. The van der Waals surface area contributed by atoms with E-state index in [-0.39, 0.29) is 95.8 Å². The van der Waals surface area contributed by atoms with E-state index >= 15 is 0 Å². The summed E-state index contributed by atoms with van der Waals surface area (Å²) in [5, 5.41) is 10.9. The first-order chi connectivity index (χ1) is 50.0. The van der Waals surface area contributed by atoms with Crippen LogP contribution in [0.25, 0.3) is 0 Å². The molecule has 5 aromatic rings. The molecule has 6 unspecified atom stereocenters. The third-order valence-corrected chi connectivity index (χ3v) is 22.2. The van der Waals surface area contributed by atoms with Crippen LogP contribution in [0.1, 0.15) is 149 Å². The Morgan fingerprint density at radius 3 is 1.33 bits per heavy atom. The average Bonchev–Trinajstić information content (AvgIpc) is 1.65. The molecule has 11 rings (SSSR count). The van der Waals surface area contributed by atoms with Crippen LogP contribution in [-0.2, 0) is 47.4 Å². The number of nitrogens with one attached hydrogen (secondary N) is 4. The van der Waals surface area contributed by atoms with Crippen molar-refractivity contribution in [1.29, 1.82) is 0 Å². The topological polar surface area (TPSA) is 241 Å². The molecular weight excluding hydrogens is 1340 g/mol. The summed E-state index contributed by atoms with van der Waals surface area (Å²) < 4.78 is 5.33. The number of ether oxygens (including phenoxy) is 1. The second kappa shape index (κ2) is 37.7. The maximum atomic E-state index is 14.7. The Balaban J connectivity index is 0.000000225. The predicted octanol–water partition coefficient (Wildman–Crippen LogP) is 10.7. The van der Waals surface area contributed by atoms with E-state index in [1.807, 2.05) is 123 Å². The lowest BCUT2D eigenvalue weighted by Crippen LogP contribution is -2.56. The van der Waals surface area contributed by atoms with Crippen molar-refractivity contribution in [1.82, 2.24) is 40.9 Å². The van der Waals surface area contributed by atoms with E-state index in [0.717, 1.165) is 35.3 Å². The Labute approximate surface area is 614 Å². The van der Waals surface area contributed by atoms with Gasteiger partial charge in [0.05, 0.1) is 39.9 Å². The number of likely N-dealkylation sites (tertiary alicyclic amines) is 2. The summed E-state index contributed by atoms with van der Waals surface area (Å²) in [4.78, 5) is 141. The van der Waals surface area contributed by atoms with Crippen LogP contribution >= 0.6 is 24.4 Å². The van der Waals surface area contributed by atoms with Gasteiger partial charge in [0.2, 0.25) is 35.4 Å². The number of amides is 10. The number of benzene rings is 5. The zero-order chi connectivity index (χ0) is 72.8. The molecule has 2 saturated heterocycles. The number of unbranched alkanes of at least 4 members (excludes halogenated alkanes) is 2.